The van der Waals surface area contributed by atoms with Crippen LogP contribution in [0.3, 0.4) is 0 Å². The quantitative estimate of drug-likeness (QED) is 0.233. The largest absolute Gasteiger partial charge is 0.505 e. The first-order chi connectivity index (χ1) is 9.99. The van der Waals surface area contributed by atoms with Crippen LogP contribution in [0.15, 0.2) is 0 Å². The molecule has 0 spiro atoms. The molecular weight excluding hydrogens is 339 g/mol. The Balaban J connectivity index is 4.13. The molecule has 0 radical (unpaired) electrons. The van der Waals surface area contributed by atoms with Crippen molar-refractivity contribution in [2.24, 2.45) is 0 Å². The van der Waals surface area contributed by atoms with Crippen LogP contribution in [0.1, 0.15) is 12.8 Å². The van der Waals surface area contributed by atoms with Gasteiger partial charge in [0.05, 0.1) is 12.1 Å². The average molecular weight is 360 g/mol. The fourth-order valence-corrected chi connectivity index (χ4v) is 2.64. The third-order valence-corrected chi connectivity index (χ3v) is 4.19. The van der Waals surface area contributed by atoms with Crippen molar-refractivity contribution in [3.8, 4) is 0 Å². The monoisotopic (exact) mass is 360 g/mol. The molecule has 0 saturated heterocycles. The Hall–Kier alpha value is 0.0700. The van der Waals surface area contributed by atoms with Crippen molar-refractivity contribution < 1.29 is 28.3 Å². The van der Waals surface area contributed by atoms with E-state index in [1.165, 1.54) is 23.5 Å². The van der Waals surface area contributed by atoms with Crippen molar-refractivity contribution in [1.82, 2.24) is 11.0 Å². The van der Waals surface area contributed by atoms with Crippen molar-refractivity contribution >= 4 is 43.9 Å². The molecule has 21 heavy (non-hydrogen) atoms. The number of nitrogens with one attached hydrogen (secondary N) is 2. The predicted molar refractivity (Wildman–Crippen MR) is 84.0 cm³/mol. The van der Waals surface area contributed by atoms with Crippen molar-refractivity contribution in [3.05, 3.63) is 0 Å². The van der Waals surface area contributed by atoms with Gasteiger partial charge in [0.1, 0.15) is 12.6 Å². The summed E-state index contributed by atoms with van der Waals surface area (Å²) in [5.41, 5.74) is 4.35. The van der Waals surface area contributed by atoms with Gasteiger partial charge in [0.25, 0.3) is 0 Å². The van der Waals surface area contributed by atoms with E-state index in [4.69, 9.17) is 0 Å². The second-order valence-corrected chi connectivity index (χ2v) is 7.21. The van der Waals surface area contributed by atoms with E-state index in [1.807, 2.05) is 12.5 Å². The Labute approximate surface area is 132 Å². The number of carbonyl (C=O) groups excluding carboxylic acids is 2. The fourth-order valence-electron chi connectivity index (χ4n) is 1.09. The van der Waals surface area contributed by atoms with Gasteiger partial charge in [0.2, 0.25) is 0 Å². The molecule has 0 heterocycles. The van der Waals surface area contributed by atoms with Crippen molar-refractivity contribution in [1.29, 1.82) is 0 Å². The molecule has 0 fully saturated rings. The second kappa shape index (κ2) is 12.6. The minimum Gasteiger partial charge on any atom is -0.302 e. The number of hydrogen-bond acceptors (Lipinski definition) is 9. The van der Waals surface area contributed by atoms with Gasteiger partial charge in [-0.2, -0.15) is 43.7 Å². The highest BCUT2D eigenvalue weighted by Gasteiger charge is 2.25. The van der Waals surface area contributed by atoms with Crippen LogP contribution in [0.2, 0.25) is 0 Å². The van der Waals surface area contributed by atoms with Gasteiger partial charge in [-0.25, -0.2) is 4.57 Å². The van der Waals surface area contributed by atoms with Gasteiger partial charge in [-0.1, -0.05) is 0 Å². The van der Waals surface area contributed by atoms with Crippen molar-refractivity contribution in [2.45, 2.75) is 24.9 Å². The lowest BCUT2D eigenvalue weighted by Gasteiger charge is -2.17. The number of carbonyl (C=O) groups is 2. The zero-order valence-corrected chi connectivity index (χ0v) is 14.4. The van der Waals surface area contributed by atoms with Crippen LogP contribution in [0, 0.1) is 0 Å². The lowest BCUT2D eigenvalue weighted by atomic mass is 10.3. The molecule has 0 aromatic carbocycles. The molecule has 8 nitrogen and oxygen atoms in total. The maximum Gasteiger partial charge on any atom is 0.505 e. The summed E-state index contributed by atoms with van der Waals surface area (Å²) in [5, 5.41) is 0. The molecule has 0 amide bonds. The molecule has 0 aliphatic heterocycles. The molecule has 0 aromatic rings. The van der Waals surface area contributed by atoms with Gasteiger partial charge in [0.15, 0.2) is 0 Å². The molecule has 3 N–H and O–H groups in total. The zero-order valence-electron chi connectivity index (χ0n) is 11.9. The van der Waals surface area contributed by atoms with Crippen LogP contribution in [-0.4, -0.2) is 53.6 Å². The van der Waals surface area contributed by atoms with Gasteiger partial charge < -0.3 is 14.5 Å². The summed E-state index contributed by atoms with van der Waals surface area (Å²) in [6, 6.07) is -1.42. The Kier molecular flexibility index (Phi) is 12.6. The SMILES string of the molecule is CSCC[C@@H](C=O)NOP(=O)(O)ON[C@H](C=O)CCSC. The minimum atomic E-state index is -4.44. The highest BCUT2D eigenvalue weighted by molar-refractivity contribution is 7.98. The van der Waals surface area contributed by atoms with Crippen LogP contribution in [0.5, 0.6) is 0 Å². The van der Waals surface area contributed by atoms with Crippen LogP contribution in [-0.2, 0) is 23.4 Å². The molecule has 0 rings (SSSR count). The van der Waals surface area contributed by atoms with Gasteiger partial charge in [-0.3, -0.25) is 0 Å². The highest BCUT2D eigenvalue weighted by Crippen LogP contribution is 2.40. The first-order valence-electron chi connectivity index (χ1n) is 6.08. The summed E-state index contributed by atoms with van der Waals surface area (Å²) < 4.78 is 20.5. The normalized spacial score (nSPS) is 14.6. The van der Waals surface area contributed by atoms with Crippen LogP contribution < -0.4 is 11.0 Å². The van der Waals surface area contributed by atoms with E-state index in [0.29, 0.717) is 36.9 Å². The summed E-state index contributed by atoms with van der Waals surface area (Å²) in [6.07, 6.45) is 5.81. The number of hydroxylamine groups is 2. The Morgan fingerprint density at radius 1 is 1.05 bits per heavy atom. The minimum absolute atomic E-state index is 0.447. The van der Waals surface area contributed by atoms with E-state index in [9.17, 15) is 19.0 Å². The van der Waals surface area contributed by atoms with E-state index in [0.717, 1.165) is 0 Å². The molecule has 124 valence electrons. The Morgan fingerprint density at radius 2 is 1.43 bits per heavy atom. The lowest BCUT2D eigenvalue weighted by Crippen LogP contribution is -2.34. The van der Waals surface area contributed by atoms with Gasteiger partial charge in [-0.05, 0) is 36.9 Å². The lowest BCUT2D eigenvalue weighted by molar-refractivity contribution is -0.112. The second-order valence-electron chi connectivity index (χ2n) is 3.93. The van der Waals surface area contributed by atoms with E-state index < -0.39 is 19.9 Å². The third kappa shape index (κ3) is 11.3. The molecule has 2 atom stereocenters. The summed E-state index contributed by atoms with van der Waals surface area (Å²) in [4.78, 5) is 30.9. The smallest absolute Gasteiger partial charge is 0.302 e. The highest BCUT2D eigenvalue weighted by atomic mass is 32.2. The van der Waals surface area contributed by atoms with Crippen LogP contribution in [0.4, 0.5) is 0 Å². The first kappa shape index (κ1) is 21.1. The number of thioether (sulfide) groups is 2. The molecule has 0 bridgehead atoms. The van der Waals surface area contributed by atoms with E-state index in [-0.39, 0.29) is 0 Å². The Bertz CT molecular complexity index is 322. The van der Waals surface area contributed by atoms with E-state index in [1.54, 1.807) is 0 Å². The van der Waals surface area contributed by atoms with Crippen LogP contribution >= 0.6 is 31.3 Å². The number of aldehydes is 2. The summed E-state index contributed by atoms with van der Waals surface area (Å²) >= 11 is 3.07. The number of rotatable bonds is 14. The molecule has 0 unspecified atom stereocenters. The Morgan fingerprint density at radius 3 is 1.71 bits per heavy atom. The predicted octanol–water partition coefficient (Wildman–Crippen LogP) is 0.770. The first-order valence-corrected chi connectivity index (χ1v) is 10.4. The molecule has 11 heteroatoms. The van der Waals surface area contributed by atoms with Gasteiger partial charge in [0, 0.05) is 0 Å². The van der Waals surface area contributed by atoms with Gasteiger partial charge >= 0.3 is 7.82 Å². The molecule has 0 saturated carbocycles. The van der Waals surface area contributed by atoms with Gasteiger partial charge in [-0.15, -0.1) is 0 Å². The van der Waals surface area contributed by atoms with E-state index >= 15 is 0 Å². The van der Waals surface area contributed by atoms with E-state index in [2.05, 4.69) is 20.2 Å². The topological polar surface area (TPSA) is 114 Å². The number of hydrogen-bond donors (Lipinski definition) is 3. The number of phosphoric acid groups is 1. The van der Waals surface area contributed by atoms with Crippen molar-refractivity contribution in [3.63, 3.8) is 0 Å². The summed E-state index contributed by atoms with van der Waals surface area (Å²) in [7, 11) is -4.44. The summed E-state index contributed by atoms with van der Waals surface area (Å²) in [6.45, 7) is 0. The zero-order chi connectivity index (χ0) is 16.1. The van der Waals surface area contributed by atoms with Crippen LogP contribution in [0.25, 0.3) is 0 Å². The third-order valence-electron chi connectivity index (χ3n) is 2.23. The molecule has 0 aromatic heterocycles. The standard InChI is InChI=1S/C10H21N2O6PS2/c1-20-5-3-9(7-13)11-17-19(15,16)18-12-10(8-14)4-6-21-2/h7-12H,3-6H2,1-2H3,(H,15,16)/t9-,10-/m0/s1. The molecular formula is C10H21N2O6PS2. The fraction of sp³-hybridized carbons (Fsp3) is 0.800. The van der Waals surface area contributed by atoms with Crippen molar-refractivity contribution in [2.75, 3.05) is 24.0 Å². The molecule has 0 aliphatic carbocycles. The average Bonchev–Trinajstić information content (AvgIpc) is 2.47. The maximum atomic E-state index is 11.5. The maximum absolute atomic E-state index is 11.5. The molecule has 0 aliphatic rings. The summed E-state index contributed by atoms with van der Waals surface area (Å²) in [5.74, 6) is 1.38.